The minimum atomic E-state index is -0.0616. The molecule has 1 aromatic carbocycles. The van der Waals surface area contributed by atoms with Gasteiger partial charge in [-0.05, 0) is 32.4 Å². The summed E-state index contributed by atoms with van der Waals surface area (Å²) >= 11 is 0. The van der Waals surface area contributed by atoms with E-state index in [4.69, 9.17) is 0 Å². The molecule has 2 rings (SSSR count). The van der Waals surface area contributed by atoms with E-state index in [0.717, 1.165) is 22.6 Å². The molecule has 1 amide bonds. The lowest BCUT2D eigenvalue weighted by atomic mass is 10.1. The van der Waals surface area contributed by atoms with Crippen LogP contribution in [-0.2, 0) is 0 Å². The second-order valence-electron chi connectivity index (χ2n) is 6.09. The summed E-state index contributed by atoms with van der Waals surface area (Å²) in [4.78, 5) is 22.9. The van der Waals surface area contributed by atoms with Gasteiger partial charge in [0.15, 0.2) is 0 Å². The van der Waals surface area contributed by atoms with Crippen molar-refractivity contribution >= 4 is 17.7 Å². The van der Waals surface area contributed by atoms with E-state index in [1.54, 1.807) is 0 Å². The van der Waals surface area contributed by atoms with Gasteiger partial charge >= 0.3 is 0 Å². The predicted molar refractivity (Wildman–Crippen MR) is 97.8 cm³/mol. The van der Waals surface area contributed by atoms with Gasteiger partial charge in [0.1, 0.15) is 5.82 Å². The minimum Gasteiger partial charge on any atom is -0.363 e. The highest BCUT2D eigenvalue weighted by molar-refractivity contribution is 5.95. The lowest BCUT2D eigenvalue weighted by Gasteiger charge is -2.14. The Labute approximate surface area is 143 Å². The largest absolute Gasteiger partial charge is 0.363 e. The van der Waals surface area contributed by atoms with E-state index in [-0.39, 0.29) is 5.91 Å². The highest BCUT2D eigenvalue weighted by atomic mass is 16.1. The average Bonchev–Trinajstić information content (AvgIpc) is 2.50. The van der Waals surface area contributed by atoms with Gasteiger partial charge < -0.3 is 15.5 Å². The van der Waals surface area contributed by atoms with Gasteiger partial charge in [0.25, 0.3) is 5.91 Å². The molecule has 0 radical (unpaired) electrons. The van der Waals surface area contributed by atoms with Crippen LogP contribution in [-0.4, -0.2) is 43.1 Å². The maximum absolute atomic E-state index is 12.2. The molecule has 128 valence electrons. The third-order valence-electron chi connectivity index (χ3n) is 3.62. The number of anilines is 2. The lowest BCUT2D eigenvalue weighted by Crippen LogP contribution is -2.29. The molecule has 0 unspecified atom stereocenters. The molecule has 2 N–H and O–H groups in total. The molecule has 24 heavy (non-hydrogen) atoms. The van der Waals surface area contributed by atoms with Crippen molar-refractivity contribution in [2.24, 2.45) is 0 Å². The Morgan fingerprint density at radius 3 is 2.50 bits per heavy atom. The van der Waals surface area contributed by atoms with E-state index in [1.807, 2.05) is 64.0 Å². The molecule has 0 aliphatic carbocycles. The molecule has 0 aliphatic heterocycles. The number of rotatable bonds is 6. The predicted octanol–water partition coefficient (Wildman–Crippen LogP) is 2.31. The van der Waals surface area contributed by atoms with Crippen molar-refractivity contribution < 1.29 is 4.79 Å². The molecular weight excluding hydrogens is 302 g/mol. The van der Waals surface area contributed by atoms with Crippen molar-refractivity contribution in [3.8, 4) is 0 Å². The van der Waals surface area contributed by atoms with Crippen molar-refractivity contribution in [1.29, 1.82) is 0 Å². The number of carbonyl (C=O) groups excluding carboxylic acids is 1. The fraction of sp³-hybridized carbons (Fsp3) is 0.389. The van der Waals surface area contributed by atoms with E-state index < -0.39 is 0 Å². The summed E-state index contributed by atoms with van der Waals surface area (Å²) in [6, 6.07) is 7.74. The first-order valence-corrected chi connectivity index (χ1v) is 7.99. The quantitative estimate of drug-likeness (QED) is 0.797. The van der Waals surface area contributed by atoms with Crippen LogP contribution < -0.4 is 15.5 Å². The fourth-order valence-corrected chi connectivity index (χ4v) is 2.37. The van der Waals surface area contributed by atoms with Crippen LogP contribution in [0.5, 0.6) is 0 Å². The minimum absolute atomic E-state index is 0.0616. The van der Waals surface area contributed by atoms with Crippen molar-refractivity contribution in [1.82, 2.24) is 15.3 Å². The fourth-order valence-electron chi connectivity index (χ4n) is 2.37. The SMILES string of the molecule is Cc1ccc(C(=O)NCCNc2nc(C)cc(N(C)C)n2)c(C)c1. The third kappa shape index (κ3) is 4.68. The zero-order valence-corrected chi connectivity index (χ0v) is 15.0. The Hall–Kier alpha value is -2.63. The Morgan fingerprint density at radius 2 is 1.83 bits per heavy atom. The lowest BCUT2D eigenvalue weighted by molar-refractivity contribution is 0.0954. The standard InChI is InChI=1S/C18H25N5O/c1-12-6-7-15(13(2)10-12)17(24)19-8-9-20-18-21-14(3)11-16(22-18)23(4)5/h6-7,10-11H,8-9H2,1-5H3,(H,19,24)(H,20,21,22). The number of hydrogen-bond acceptors (Lipinski definition) is 5. The molecule has 0 spiro atoms. The maximum atomic E-state index is 12.2. The monoisotopic (exact) mass is 327 g/mol. The van der Waals surface area contributed by atoms with Crippen molar-refractivity contribution in [3.05, 3.63) is 46.6 Å². The Morgan fingerprint density at radius 1 is 1.08 bits per heavy atom. The molecule has 1 heterocycles. The zero-order chi connectivity index (χ0) is 17.7. The Kier molecular flexibility index (Phi) is 5.73. The number of nitrogens with zero attached hydrogens (tertiary/aromatic N) is 3. The second-order valence-corrected chi connectivity index (χ2v) is 6.09. The molecule has 6 heteroatoms. The number of hydrogen-bond donors (Lipinski definition) is 2. The summed E-state index contributed by atoms with van der Waals surface area (Å²) < 4.78 is 0. The number of benzene rings is 1. The number of amides is 1. The van der Waals surface area contributed by atoms with E-state index in [0.29, 0.717) is 24.6 Å². The normalized spacial score (nSPS) is 10.4. The van der Waals surface area contributed by atoms with Crippen LogP contribution in [0.25, 0.3) is 0 Å². The second kappa shape index (κ2) is 7.77. The number of aromatic nitrogens is 2. The maximum Gasteiger partial charge on any atom is 0.251 e. The summed E-state index contributed by atoms with van der Waals surface area (Å²) in [5, 5.41) is 6.06. The van der Waals surface area contributed by atoms with Gasteiger partial charge in [0, 0.05) is 44.5 Å². The Balaban J connectivity index is 1.88. The average molecular weight is 327 g/mol. The molecule has 6 nitrogen and oxygen atoms in total. The molecule has 1 aromatic heterocycles. The molecular formula is C18H25N5O. The highest BCUT2D eigenvalue weighted by Crippen LogP contribution is 2.12. The summed E-state index contributed by atoms with van der Waals surface area (Å²) in [6.07, 6.45) is 0. The molecule has 0 fully saturated rings. The molecule has 0 bridgehead atoms. The van der Waals surface area contributed by atoms with Gasteiger partial charge in [-0.2, -0.15) is 4.98 Å². The first-order valence-electron chi connectivity index (χ1n) is 7.99. The smallest absolute Gasteiger partial charge is 0.251 e. The van der Waals surface area contributed by atoms with Crippen molar-refractivity contribution in [3.63, 3.8) is 0 Å². The number of carbonyl (C=O) groups is 1. The Bertz CT molecular complexity index is 727. The molecule has 0 aliphatic rings. The van der Waals surface area contributed by atoms with Crippen LogP contribution in [0.3, 0.4) is 0 Å². The summed E-state index contributed by atoms with van der Waals surface area (Å²) in [5.74, 6) is 1.36. The van der Waals surface area contributed by atoms with Crippen LogP contribution >= 0.6 is 0 Å². The van der Waals surface area contributed by atoms with Crippen LogP contribution in [0.15, 0.2) is 24.3 Å². The molecule has 0 saturated carbocycles. The highest BCUT2D eigenvalue weighted by Gasteiger charge is 2.08. The van der Waals surface area contributed by atoms with Crippen LogP contribution in [0.4, 0.5) is 11.8 Å². The van der Waals surface area contributed by atoms with Gasteiger partial charge in [-0.15, -0.1) is 0 Å². The van der Waals surface area contributed by atoms with E-state index >= 15 is 0 Å². The zero-order valence-electron chi connectivity index (χ0n) is 15.0. The number of nitrogens with one attached hydrogen (secondary N) is 2. The van der Waals surface area contributed by atoms with Gasteiger partial charge in [0.05, 0.1) is 0 Å². The third-order valence-corrected chi connectivity index (χ3v) is 3.62. The summed E-state index contributed by atoms with van der Waals surface area (Å²) in [7, 11) is 3.88. The van der Waals surface area contributed by atoms with E-state index in [2.05, 4.69) is 20.6 Å². The van der Waals surface area contributed by atoms with Gasteiger partial charge in [-0.1, -0.05) is 17.7 Å². The van der Waals surface area contributed by atoms with Gasteiger partial charge in [-0.25, -0.2) is 4.98 Å². The number of aryl methyl sites for hydroxylation is 3. The van der Waals surface area contributed by atoms with E-state index in [9.17, 15) is 4.79 Å². The van der Waals surface area contributed by atoms with Crippen LogP contribution in [0.2, 0.25) is 0 Å². The topological polar surface area (TPSA) is 70.2 Å². The van der Waals surface area contributed by atoms with Crippen LogP contribution in [0, 0.1) is 20.8 Å². The molecule has 0 saturated heterocycles. The van der Waals surface area contributed by atoms with Crippen molar-refractivity contribution in [2.75, 3.05) is 37.4 Å². The van der Waals surface area contributed by atoms with Gasteiger partial charge in [0.2, 0.25) is 5.95 Å². The van der Waals surface area contributed by atoms with E-state index in [1.165, 1.54) is 0 Å². The molecule has 2 aromatic rings. The first-order chi connectivity index (χ1) is 11.4. The summed E-state index contributed by atoms with van der Waals surface area (Å²) in [6.45, 7) is 6.96. The van der Waals surface area contributed by atoms with Gasteiger partial charge in [-0.3, -0.25) is 4.79 Å². The first kappa shape index (κ1) is 17.7. The molecule has 0 atom stereocenters. The van der Waals surface area contributed by atoms with Crippen molar-refractivity contribution in [2.45, 2.75) is 20.8 Å². The van der Waals surface area contributed by atoms with Crippen LogP contribution in [0.1, 0.15) is 27.2 Å². The summed E-state index contributed by atoms with van der Waals surface area (Å²) in [5.41, 5.74) is 3.75.